The lowest BCUT2D eigenvalue weighted by atomic mass is 10.2. The summed E-state index contributed by atoms with van der Waals surface area (Å²) in [7, 11) is 1.54. The molecule has 3 aromatic rings. The van der Waals surface area contributed by atoms with E-state index in [0.717, 1.165) is 0 Å². The minimum absolute atomic E-state index is 0.313. The van der Waals surface area contributed by atoms with Crippen LogP contribution >= 0.6 is 0 Å². The van der Waals surface area contributed by atoms with Gasteiger partial charge >= 0.3 is 0 Å². The maximum atomic E-state index is 10.6. The maximum Gasteiger partial charge on any atom is 0.258 e. The molecule has 1 aromatic carbocycles. The van der Waals surface area contributed by atoms with Gasteiger partial charge in [-0.3, -0.25) is 9.78 Å². The molecule has 0 fully saturated rings. The molecule has 3 rings (SSSR count). The van der Waals surface area contributed by atoms with Gasteiger partial charge in [0.15, 0.2) is 0 Å². The maximum absolute atomic E-state index is 10.6. The van der Waals surface area contributed by atoms with Gasteiger partial charge in [0.1, 0.15) is 11.4 Å². The van der Waals surface area contributed by atoms with Crippen LogP contribution in [-0.2, 0) is 4.79 Å². The van der Waals surface area contributed by atoms with E-state index in [-0.39, 0.29) is 0 Å². The van der Waals surface area contributed by atoms with Gasteiger partial charge in [0.25, 0.3) is 5.89 Å². The van der Waals surface area contributed by atoms with Gasteiger partial charge in [0.2, 0.25) is 12.2 Å². The minimum atomic E-state index is 0.313. The Hall–Kier alpha value is -3.22. The van der Waals surface area contributed by atoms with Crippen molar-refractivity contribution in [3.05, 3.63) is 42.6 Å². The smallest absolute Gasteiger partial charge is 0.258 e. The fourth-order valence-corrected chi connectivity index (χ4v) is 1.93. The minimum Gasteiger partial charge on any atom is -0.497 e. The summed E-state index contributed by atoms with van der Waals surface area (Å²) in [6.45, 7) is 0. The highest BCUT2D eigenvalue weighted by atomic mass is 16.5. The molecule has 1 amide bonds. The van der Waals surface area contributed by atoms with Crippen LogP contribution in [0.4, 0.5) is 5.69 Å². The molecule has 0 atom stereocenters. The Labute approximate surface area is 126 Å². The fourth-order valence-electron chi connectivity index (χ4n) is 1.93. The van der Waals surface area contributed by atoms with Crippen LogP contribution in [0.5, 0.6) is 5.75 Å². The second-order valence-corrected chi connectivity index (χ2v) is 4.35. The zero-order valence-electron chi connectivity index (χ0n) is 11.7. The first-order chi connectivity index (χ1) is 10.8. The van der Waals surface area contributed by atoms with Crippen molar-refractivity contribution in [1.29, 1.82) is 0 Å². The van der Waals surface area contributed by atoms with Crippen LogP contribution in [0, 0.1) is 0 Å². The number of benzene rings is 1. The van der Waals surface area contributed by atoms with Crippen LogP contribution in [0.3, 0.4) is 0 Å². The van der Waals surface area contributed by atoms with Crippen molar-refractivity contribution >= 4 is 12.1 Å². The first kappa shape index (κ1) is 13.7. The molecular formula is C15H12N4O3. The van der Waals surface area contributed by atoms with Crippen LogP contribution < -0.4 is 10.1 Å². The summed E-state index contributed by atoms with van der Waals surface area (Å²) < 4.78 is 10.5. The van der Waals surface area contributed by atoms with Crippen molar-refractivity contribution in [2.45, 2.75) is 0 Å². The summed E-state index contributed by atoms with van der Waals surface area (Å²) in [5.41, 5.74) is 1.83. The topological polar surface area (TPSA) is 90.1 Å². The van der Waals surface area contributed by atoms with Crippen molar-refractivity contribution in [2.75, 3.05) is 12.4 Å². The Morgan fingerprint density at radius 1 is 1.27 bits per heavy atom. The molecule has 0 aliphatic rings. The van der Waals surface area contributed by atoms with Gasteiger partial charge in [0.05, 0.1) is 7.11 Å². The summed E-state index contributed by atoms with van der Waals surface area (Å²) in [6, 6.07) is 10.6. The van der Waals surface area contributed by atoms with E-state index in [0.29, 0.717) is 40.8 Å². The third-order valence-corrected chi connectivity index (χ3v) is 2.93. The summed E-state index contributed by atoms with van der Waals surface area (Å²) in [5, 5.41) is 6.48. The van der Waals surface area contributed by atoms with Crippen molar-refractivity contribution in [3.8, 4) is 28.7 Å². The number of methoxy groups -OCH3 is 1. The number of amides is 1. The number of aromatic nitrogens is 3. The Morgan fingerprint density at radius 2 is 2.18 bits per heavy atom. The van der Waals surface area contributed by atoms with Crippen molar-refractivity contribution in [2.24, 2.45) is 0 Å². The van der Waals surface area contributed by atoms with Crippen LogP contribution in [0.25, 0.3) is 23.0 Å². The third kappa shape index (κ3) is 2.78. The van der Waals surface area contributed by atoms with E-state index in [2.05, 4.69) is 20.4 Å². The van der Waals surface area contributed by atoms with E-state index in [9.17, 15) is 4.79 Å². The molecule has 110 valence electrons. The number of nitrogens with one attached hydrogen (secondary N) is 1. The molecule has 1 N–H and O–H groups in total. The van der Waals surface area contributed by atoms with Gasteiger partial charge in [-0.2, -0.15) is 4.98 Å². The Kier molecular flexibility index (Phi) is 3.78. The fraction of sp³-hybridized carbons (Fsp3) is 0.0667. The second kappa shape index (κ2) is 6.04. The number of ether oxygens (including phenoxy) is 1. The second-order valence-electron chi connectivity index (χ2n) is 4.35. The van der Waals surface area contributed by atoms with Gasteiger partial charge in [-0.25, -0.2) is 0 Å². The molecule has 0 spiro atoms. The summed E-state index contributed by atoms with van der Waals surface area (Å²) in [4.78, 5) is 19.1. The molecule has 22 heavy (non-hydrogen) atoms. The summed E-state index contributed by atoms with van der Waals surface area (Å²) >= 11 is 0. The molecule has 0 saturated carbocycles. The molecular weight excluding hydrogens is 284 g/mol. The first-order valence-corrected chi connectivity index (χ1v) is 6.45. The van der Waals surface area contributed by atoms with Gasteiger partial charge in [0, 0.05) is 23.5 Å². The van der Waals surface area contributed by atoms with Crippen molar-refractivity contribution < 1.29 is 14.1 Å². The standard InChI is InChI=1S/C15H12N4O3/c1-21-12-7-10(6-11(8-12)17-9-20)15-18-14(19-22-15)13-4-2-3-5-16-13/h2-9H,1H3,(H,17,20). The molecule has 7 heteroatoms. The largest absolute Gasteiger partial charge is 0.497 e. The molecule has 7 nitrogen and oxygen atoms in total. The quantitative estimate of drug-likeness (QED) is 0.727. The van der Waals surface area contributed by atoms with E-state index in [1.165, 1.54) is 7.11 Å². The highest BCUT2D eigenvalue weighted by Gasteiger charge is 2.13. The molecule has 0 aliphatic heterocycles. The first-order valence-electron chi connectivity index (χ1n) is 6.45. The number of carbonyl (C=O) groups excluding carboxylic acids is 1. The predicted molar refractivity (Wildman–Crippen MR) is 79.2 cm³/mol. The summed E-state index contributed by atoms with van der Waals surface area (Å²) in [6.07, 6.45) is 2.24. The van der Waals surface area contributed by atoms with Gasteiger partial charge in [-0.05, 0) is 24.3 Å². The number of anilines is 1. The molecule has 2 heterocycles. The molecule has 0 radical (unpaired) electrons. The molecule has 0 aliphatic carbocycles. The average Bonchev–Trinajstić information content (AvgIpc) is 3.06. The highest BCUT2D eigenvalue weighted by molar-refractivity contribution is 5.75. The zero-order valence-corrected chi connectivity index (χ0v) is 11.7. The molecule has 2 aromatic heterocycles. The van der Waals surface area contributed by atoms with Crippen LogP contribution in [-0.4, -0.2) is 28.6 Å². The summed E-state index contributed by atoms with van der Waals surface area (Å²) in [5.74, 6) is 1.27. The van der Waals surface area contributed by atoms with Crippen molar-refractivity contribution in [3.63, 3.8) is 0 Å². The number of hydrogen-bond acceptors (Lipinski definition) is 6. The predicted octanol–water partition coefficient (Wildman–Crippen LogP) is 2.38. The molecule has 0 saturated heterocycles. The van der Waals surface area contributed by atoms with E-state index >= 15 is 0 Å². The Balaban J connectivity index is 1.99. The molecule has 0 bridgehead atoms. The lowest BCUT2D eigenvalue weighted by Gasteiger charge is -2.05. The Morgan fingerprint density at radius 3 is 2.91 bits per heavy atom. The van der Waals surface area contributed by atoms with Crippen LogP contribution in [0.2, 0.25) is 0 Å². The number of pyridine rings is 1. The molecule has 0 unspecified atom stereocenters. The normalized spacial score (nSPS) is 10.2. The van der Waals surface area contributed by atoms with Gasteiger partial charge < -0.3 is 14.6 Å². The average molecular weight is 296 g/mol. The number of rotatable bonds is 5. The number of hydrogen-bond donors (Lipinski definition) is 1. The van der Waals surface area contributed by atoms with E-state index in [1.807, 2.05) is 12.1 Å². The van der Waals surface area contributed by atoms with Crippen LogP contribution in [0.15, 0.2) is 47.1 Å². The van der Waals surface area contributed by atoms with Gasteiger partial charge in [-0.15, -0.1) is 0 Å². The van der Waals surface area contributed by atoms with Crippen LogP contribution in [0.1, 0.15) is 0 Å². The lowest BCUT2D eigenvalue weighted by molar-refractivity contribution is -0.105. The van der Waals surface area contributed by atoms with Crippen molar-refractivity contribution in [1.82, 2.24) is 15.1 Å². The SMILES string of the molecule is COc1cc(NC=O)cc(-c2nc(-c3ccccn3)no2)c1. The van der Waals surface area contributed by atoms with Gasteiger partial charge in [-0.1, -0.05) is 11.2 Å². The van der Waals surface area contributed by atoms with E-state index in [1.54, 1.807) is 30.5 Å². The third-order valence-electron chi connectivity index (χ3n) is 2.93. The Bertz CT molecular complexity index is 786. The lowest BCUT2D eigenvalue weighted by Crippen LogP contribution is -1.95. The highest BCUT2D eigenvalue weighted by Crippen LogP contribution is 2.28. The number of nitrogens with zero attached hydrogens (tertiary/aromatic N) is 3. The zero-order chi connectivity index (χ0) is 15.4. The van der Waals surface area contributed by atoms with E-state index in [4.69, 9.17) is 9.26 Å². The van der Waals surface area contributed by atoms with E-state index < -0.39 is 0 Å². The number of carbonyl (C=O) groups is 1. The monoisotopic (exact) mass is 296 g/mol.